The first-order chi connectivity index (χ1) is 8.15. The van der Waals surface area contributed by atoms with Crippen molar-refractivity contribution in [2.24, 2.45) is 11.1 Å². The summed E-state index contributed by atoms with van der Waals surface area (Å²) in [7, 11) is 0. The van der Waals surface area contributed by atoms with Crippen LogP contribution in [0.5, 0.6) is 0 Å². The Bertz CT molecular complexity index is 207. The highest BCUT2D eigenvalue weighted by Crippen LogP contribution is 2.44. The molecule has 2 nitrogen and oxygen atoms in total. The summed E-state index contributed by atoms with van der Waals surface area (Å²) in [5.74, 6) is 0. The van der Waals surface area contributed by atoms with Crippen molar-refractivity contribution < 1.29 is 4.74 Å². The first-order valence-electron chi connectivity index (χ1n) is 7.52. The number of unbranched alkanes of at least 4 members (excludes halogenated alkanes) is 5. The van der Waals surface area contributed by atoms with E-state index in [0.717, 1.165) is 19.4 Å². The normalized spacial score (nSPS) is 32.5. The Kier molecular flexibility index (Phi) is 6.50. The van der Waals surface area contributed by atoms with Gasteiger partial charge < -0.3 is 10.5 Å². The smallest absolute Gasteiger partial charge is 0.0658 e. The molecule has 3 unspecified atom stereocenters. The van der Waals surface area contributed by atoms with Crippen LogP contribution in [0.25, 0.3) is 0 Å². The molecule has 17 heavy (non-hydrogen) atoms. The maximum atomic E-state index is 6.06. The molecule has 0 amide bonds. The minimum absolute atomic E-state index is 0.238. The maximum absolute atomic E-state index is 6.06. The maximum Gasteiger partial charge on any atom is 0.0658 e. The van der Waals surface area contributed by atoms with Crippen LogP contribution in [0, 0.1) is 5.41 Å². The van der Waals surface area contributed by atoms with Gasteiger partial charge in [0.15, 0.2) is 0 Å². The molecule has 102 valence electrons. The fourth-order valence-electron chi connectivity index (χ4n) is 2.70. The van der Waals surface area contributed by atoms with Gasteiger partial charge in [-0.2, -0.15) is 0 Å². The second kappa shape index (κ2) is 7.38. The van der Waals surface area contributed by atoms with Crippen molar-refractivity contribution in [2.75, 3.05) is 6.61 Å². The Labute approximate surface area is 107 Å². The van der Waals surface area contributed by atoms with Gasteiger partial charge in [0, 0.05) is 18.1 Å². The van der Waals surface area contributed by atoms with Crippen LogP contribution in [0.2, 0.25) is 0 Å². The minimum Gasteiger partial charge on any atom is -0.378 e. The van der Waals surface area contributed by atoms with Crippen molar-refractivity contribution in [1.82, 2.24) is 0 Å². The molecule has 3 atom stereocenters. The number of rotatable bonds is 9. The van der Waals surface area contributed by atoms with E-state index in [1.165, 1.54) is 38.5 Å². The fourth-order valence-corrected chi connectivity index (χ4v) is 2.70. The third kappa shape index (κ3) is 3.96. The molecule has 1 rings (SSSR count). The summed E-state index contributed by atoms with van der Waals surface area (Å²) < 4.78 is 5.98. The molecule has 1 aliphatic rings. The van der Waals surface area contributed by atoms with Crippen LogP contribution in [0.15, 0.2) is 0 Å². The van der Waals surface area contributed by atoms with E-state index >= 15 is 0 Å². The van der Waals surface area contributed by atoms with Crippen molar-refractivity contribution in [3.05, 3.63) is 0 Å². The van der Waals surface area contributed by atoms with Gasteiger partial charge in [0.2, 0.25) is 0 Å². The molecule has 0 aromatic heterocycles. The molecule has 0 heterocycles. The van der Waals surface area contributed by atoms with E-state index in [0.29, 0.717) is 12.1 Å². The first kappa shape index (κ1) is 15.0. The highest BCUT2D eigenvalue weighted by Gasteiger charge is 2.49. The van der Waals surface area contributed by atoms with E-state index in [-0.39, 0.29) is 5.41 Å². The highest BCUT2D eigenvalue weighted by atomic mass is 16.5. The SMILES string of the molecule is CCCCCCCCOC1CC(N)C1(C)CC. The summed E-state index contributed by atoms with van der Waals surface area (Å²) in [6, 6.07) is 0.349. The minimum atomic E-state index is 0.238. The van der Waals surface area contributed by atoms with E-state index in [1.54, 1.807) is 0 Å². The lowest BCUT2D eigenvalue weighted by Gasteiger charge is -2.51. The molecule has 1 aliphatic carbocycles. The van der Waals surface area contributed by atoms with Crippen molar-refractivity contribution in [1.29, 1.82) is 0 Å². The highest BCUT2D eigenvalue weighted by molar-refractivity contribution is 5.02. The zero-order chi connectivity index (χ0) is 12.7. The van der Waals surface area contributed by atoms with Crippen LogP contribution < -0.4 is 5.73 Å². The van der Waals surface area contributed by atoms with E-state index in [1.807, 2.05) is 0 Å². The zero-order valence-electron chi connectivity index (χ0n) is 12.0. The second-order valence-electron chi connectivity index (χ2n) is 5.83. The molecule has 1 fully saturated rings. The molecule has 0 aromatic rings. The van der Waals surface area contributed by atoms with Gasteiger partial charge >= 0.3 is 0 Å². The molecule has 0 bridgehead atoms. The fraction of sp³-hybridized carbons (Fsp3) is 1.00. The molecular formula is C15H31NO. The van der Waals surface area contributed by atoms with Gasteiger partial charge in [0.1, 0.15) is 0 Å². The van der Waals surface area contributed by atoms with Crippen LogP contribution in [-0.4, -0.2) is 18.8 Å². The topological polar surface area (TPSA) is 35.2 Å². The number of ether oxygens (including phenoxy) is 1. The molecule has 0 aliphatic heterocycles. The monoisotopic (exact) mass is 241 g/mol. The molecule has 0 spiro atoms. The molecule has 0 saturated heterocycles. The van der Waals surface area contributed by atoms with Gasteiger partial charge in [0.25, 0.3) is 0 Å². The van der Waals surface area contributed by atoms with Gasteiger partial charge in [-0.3, -0.25) is 0 Å². The lowest BCUT2D eigenvalue weighted by Crippen LogP contribution is -2.60. The zero-order valence-corrected chi connectivity index (χ0v) is 12.0. The Balaban J connectivity index is 2.00. The van der Waals surface area contributed by atoms with Crippen LogP contribution in [0.4, 0.5) is 0 Å². The third-order valence-corrected chi connectivity index (χ3v) is 4.63. The van der Waals surface area contributed by atoms with E-state index in [2.05, 4.69) is 20.8 Å². The van der Waals surface area contributed by atoms with E-state index in [4.69, 9.17) is 10.5 Å². The van der Waals surface area contributed by atoms with Crippen molar-refractivity contribution in [3.8, 4) is 0 Å². The van der Waals surface area contributed by atoms with Crippen molar-refractivity contribution in [3.63, 3.8) is 0 Å². The molecule has 0 aromatic carbocycles. The summed E-state index contributed by atoms with van der Waals surface area (Å²) in [5, 5.41) is 0. The molecule has 2 N–H and O–H groups in total. The lowest BCUT2D eigenvalue weighted by molar-refractivity contribution is -0.119. The molecule has 1 saturated carbocycles. The van der Waals surface area contributed by atoms with Gasteiger partial charge in [-0.05, 0) is 19.3 Å². The van der Waals surface area contributed by atoms with E-state index in [9.17, 15) is 0 Å². The molecular weight excluding hydrogens is 210 g/mol. The van der Waals surface area contributed by atoms with Gasteiger partial charge in [-0.25, -0.2) is 0 Å². The molecule has 2 heteroatoms. The van der Waals surface area contributed by atoms with E-state index < -0.39 is 0 Å². The Morgan fingerprint density at radius 1 is 1.12 bits per heavy atom. The lowest BCUT2D eigenvalue weighted by atomic mass is 9.62. The summed E-state index contributed by atoms with van der Waals surface area (Å²) in [4.78, 5) is 0. The largest absolute Gasteiger partial charge is 0.378 e. The average Bonchev–Trinajstić information content (AvgIpc) is 2.35. The standard InChI is InChI=1S/C15H31NO/c1-4-6-7-8-9-10-11-17-14-12-13(16)15(14,3)5-2/h13-14H,4-12,16H2,1-3H3. The molecule has 0 radical (unpaired) electrons. The number of nitrogens with two attached hydrogens (primary N) is 1. The average molecular weight is 241 g/mol. The summed E-state index contributed by atoms with van der Waals surface area (Å²) in [5.41, 5.74) is 6.30. The third-order valence-electron chi connectivity index (χ3n) is 4.63. The predicted octanol–water partition coefficient (Wildman–Crippen LogP) is 3.88. The second-order valence-corrected chi connectivity index (χ2v) is 5.83. The Morgan fingerprint density at radius 2 is 1.76 bits per heavy atom. The first-order valence-corrected chi connectivity index (χ1v) is 7.52. The van der Waals surface area contributed by atoms with Gasteiger partial charge in [-0.1, -0.05) is 52.9 Å². The quantitative estimate of drug-likeness (QED) is 0.622. The van der Waals surface area contributed by atoms with Crippen molar-refractivity contribution in [2.45, 2.75) is 84.3 Å². The van der Waals surface area contributed by atoms with Crippen LogP contribution in [-0.2, 0) is 4.74 Å². The summed E-state index contributed by atoms with van der Waals surface area (Å²) in [6.45, 7) is 7.68. The van der Waals surface area contributed by atoms with Gasteiger partial charge in [-0.15, -0.1) is 0 Å². The van der Waals surface area contributed by atoms with Crippen LogP contribution >= 0.6 is 0 Å². The Morgan fingerprint density at radius 3 is 2.35 bits per heavy atom. The summed E-state index contributed by atoms with van der Waals surface area (Å²) in [6.07, 6.45) is 10.6. The summed E-state index contributed by atoms with van der Waals surface area (Å²) >= 11 is 0. The number of hydrogen-bond acceptors (Lipinski definition) is 2. The number of hydrogen-bond donors (Lipinski definition) is 1. The van der Waals surface area contributed by atoms with Crippen LogP contribution in [0.1, 0.15) is 72.1 Å². The predicted molar refractivity (Wildman–Crippen MR) is 74.1 cm³/mol. The van der Waals surface area contributed by atoms with Gasteiger partial charge in [0.05, 0.1) is 6.10 Å². The Hall–Kier alpha value is -0.0800. The van der Waals surface area contributed by atoms with Crippen LogP contribution in [0.3, 0.4) is 0 Å². The van der Waals surface area contributed by atoms with Crippen molar-refractivity contribution >= 4 is 0 Å².